The zero-order valence-corrected chi connectivity index (χ0v) is 10.7. The predicted octanol–water partition coefficient (Wildman–Crippen LogP) is 3.34. The Kier molecular flexibility index (Phi) is 3.49. The molecule has 0 aliphatic heterocycles. The quantitative estimate of drug-likeness (QED) is 0.509. The van der Waals surface area contributed by atoms with Crippen LogP contribution in [-0.4, -0.2) is 17.3 Å². The Labute approximate surface area is 109 Å². The van der Waals surface area contributed by atoms with Crippen molar-refractivity contribution in [3.05, 3.63) is 33.3 Å². The first-order valence-electron chi connectivity index (χ1n) is 5.24. The van der Waals surface area contributed by atoms with Crippen molar-refractivity contribution < 1.29 is 9.66 Å². The highest BCUT2D eigenvalue weighted by Gasteiger charge is 2.42. The van der Waals surface area contributed by atoms with E-state index >= 15 is 0 Å². The molecule has 1 aliphatic carbocycles. The lowest BCUT2D eigenvalue weighted by Crippen LogP contribution is -2.15. The molecule has 0 saturated heterocycles. The maximum Gasteiger partial charge on any atom is 0.312 e. The van der Waals surface area contributed by atoms with Crippen molar-refractivity contribution in [1.29, 1.82) is 0 Å². The molecule has 0 unspecified atom stereocenters. The number of hydrogen-bond acceptors (Lipinski definition) is 4. The van der Waals surface area contributed by atoms with Crippen LogP contribution in [-0.2, 0) is 0 Å². The van der Waals surface area contributed by atoms with E-state index in [9.17, 15) is 10.1 Å². The van der Waals surface area contributed by atoms with Crippen LogP contribution in [0.5, 0.6) is 5.75 Å². The summed E-state index contributed by atoms with van der Waals surface area (Å²) in [6.07, 6.45) is 2.10. The molecule has 1 aliphatic rings. The number of para-hydroxylation sites is 1. The van der Waals surface area contributed by atoms with Crippen molar-refractivity contribution in [2.75, 3.05) is 12.4 Å². The number of nitro benzene ring substituents is 1. The Morgan fingerprint density at radius 3 is 2.76 bits per heavy atom. The van der Waals surface area contributed by atoms with Crippen molar-refractivity contribution in [3.63, 3.8) is 0 Å². The minimum Gasteiger partial charge on any atom is -0.485 e. The first-order valence-corrected chi connectivity index (χ1v) is 6.26. The summed E-state index contributed by atoms with van der Waals surface area (Å²) >= 11 is 10.2. The lowest BCUT2D eigenvalue weighted by atomic mass is 10.2. The average Bonchev–Trinajstić information content (AvgIpc) is 3.08. The summed E-state index contributed by atoms with van der Waals surface area (Å²) in [5.41, 5.74) is -0.0108. The molecule has 1 aromatic rings. The molecule has 2 rings (SSSR count). The zero-order valence-electron chi connectivity index (χ0n) is 9.06. The molecule has 0 heterocycles. The van der Waals surface area contributed by atoms with Crippen molar-refractivity contribution in [3.8, 4) is 5.75 Å². The van der Waals surface area contributed by atoms with Crippen molar-refractivity contribution >= 4 is 29.9 Å². The molecule has 0 amide bonds. The Bertz CT molecular complexity index is 448. The number of nitro groups is 1. The van der Waals surface area contributed by atoms with Gasteiger partial charge >= 0.3 is 5.69 Å². The van der Waals surface area contributed by atoms with E-state index in [1.807, 2.05) is 0 Å². The number of ether oxygens (including phenoxy) is 1. The van der Waals surface area contributed by atoms with E-state index in [0.29, 0.717) is 6.61 Å². The van der Waals surface area contributed by atoms with Gasteiger partial charge in [0.15, 0.2) is 0 Å². The maximum absolute atomic E-state index is 10.8. The van der Waals surface area contributed by atoms with E-state index in [2.05, 4.69) is 12.6 Å². The number of thiol groups is 1. The van der Waals surface area contributed by atoms with E-state index in [1.165, 1.54) is 6.07 Å². The summed E-state index contributed by atoms with van der Waals surface area (Å²) in [5, 5.41) is 11.1. The van der Waals surface area contributed by atoms with Crippen molar-refractivity contribution in [2.24, 2.45) is 5.41 Å². The SMILES string of the molecule is O=[N+]([O-])c1cccc(Cl)c1OCC1(CS)CC1. The van der Waals surface area contributed by atoms with Gasteiger partial charge in [-0.3, -0.25) is 10.1 Å². The molecule has 0 aromatic heterocycles. The van der Waals surface area contributed by atoms with Crippen LogP contribution in [0.4, 0.5) is 5.69 Å². The van der Waals surface area contributed by atoms with Gasteiger partial charge in [-0.2, -0.15) is 12.6 Å². The van der Waals surface area contributed by atoms with Crippen molar-refractivity contribution in [1.82, 2.24) is 0 Å². The highest BCUT2D eigenvalue weighted by molar-refractivity contribution is 7.80. The van der Waals surface area contributed by atoms with Crippen LogP contribution in [0.1, 0.15) is 12.8 Å². The Morgan fingerprint density at radius 2 is 2.24 bits per heavy atom. The average molecular weight is 274 g/mol. The summed E-state index contributed by atoms with van der Waals surface area (Å²) < 4.78 is 5.52. The second-order valence-corrected chi connectivity index (χ2v) is 5.02. The zero-order chi connectivity index (χ0) is 12.5. The molecule has 4 nitrogen and oxygen atoms in total. The van der Waals surface area contributed by atoms with Gasteiger partial charge in [-0.15, -0.1) is 0 Å². The fourth-order valence-electron chi connectivity index (χ4n) is 1.53. The van der Waals surface area contributed by atoms with Gasteiger partial charge < -0.3 is 4.74 Å². The largest absolute Gasteiger partial charge is 0.485 e. The van der Waals surface area contributed by atoms with Crippen LogP contribution in [0.15, 0.2) is 18.2 Å². The number of halogens is 1. The molecule has 1 aromatic carbocycles. The van der Waals surface area contributed by atoms with E-state index in [4.69, 9.17) is 16.3 Å². The third-order valence-corrected chi connectivity index (χ3v) is 3.93. The highest BCUT2D eigenvalue weighted by atomic mass is 35.5. The van der Waals surface area contributed by atoms with Crippen LogP contribution in [0.2, 0.25) is 5.02 Å². The fraction of sp³-hybridized carbons (Fsp3) is 0.455. The number of nitrogens with zero attached hydrogens (tertiary/aromatic N) is 1. The number of benzene rings is 1. The Balaban J connectivity index is 2.17. The smallest absolute Gasteiger partial charge is 0.312 e. The fourth-order valence-corrected chi connectivity index (χ4v) is 2.17. The molecule has 1 fully saturated rings. The van der Waals surface area contributed by atoms with Gasteiger partial charge in [0, 0.05) is 11.5 Å². The topological polar surface area (TPSA) is 52.4 Å². The molecular formula is C11H12ClNO3S. The van der Waals surface area contributed by atoms with E-state index < -0.39 is 4.92 Å². The Morgan fingerprint density at radius 1 is 1.53 bits per heavy atom. The third kappa shape index (κ3) is 2.66. The van der Waals surface area contributed by atoms with Gasteiger partial charge in [0.25, 0.3) is 0 Å². The normalized spacial score (nSPS) is 16.6. The van der Waals surface area contributed by atoms with Crippen LogP contribution in [0.25, 0.3) is 0 Å². The van der Waals surface area contributed by atoms with Crippen molar-refractivity contribution in [2.45, 2.75) is 12.8 Å². The van der Waals surface area contributed by atoms with Gasteiger partial charge in [-0.1, -0.05) is 17.7 Å². The van der Waals surface area contributed by atoms with E-state index in [-0.39, 0.29) is 21.9 Å². The van der Waals surface area contributed by atoms with Gasteiger partial charge in [0.1, 0.15) is 0 Å². The summed E-state index contributed by atoms with van der Waals surface area (Å²) in [6, 6.07) is 4.52. The molecule has 92 valence electrons. The summed E-state index contributed by atoms with van der Waals surface area (Å²) in [4.78, 5) is 10.4. The molecule has 0 N–H and O–H groups in total. The molecule has 17 heavy (non-hydrogen) atoms. The summed E-state index contributed by atoms with van der Waals surface area (Å²) in [7, 11) is 0. The monoisotopic (exact) mass is 273 g/mol. The summed E-state index contributed by atoms with van der Waals surface area (Å²) in [6.45, 7) is 0.432. The van der Waals surface area contributed by atoms with Gasteiger partial charge in [-0.25, -0.2) is 0 Å². The maximum atomic E-state index is 10.8. The highest BCUT2D eigenvalue weighted by Crippen LogP contribution is 2.47. The van der Waals surface area contributed by atoms with E-state index in [0.717, 1.165) is 18.6 Å². The number of hydrogen-bond donors (Lipinski definition) is 1. The van der Waals surface area contributed by atoms with Crippen LogP contribution >= 0.6 is 24.2 Å². The molecule has 0 spiro atoms. The second kappa shape index (κ2) is 4.74. The van der Waals surface area contributed by atoms with Gasteiger partial charge in [0.05, 0.1) is 16.6 Å². The molecule has 0 bridgehead atoms. The predicted molar refractivity (Wildman–Crippen MR) is 69.1 cm³/mol. The van der Waals surface area contributed by atoms with Gasteiger partial charge in [0.2, 0.25) is 5.75 Å². The number of rotatable bonds is 5. The minimum atomic E-state index is -0.485. The first-order chi connectivity index (χ1) is 8.08. The minimum absolute atomic E-state index is 0.0795. The molecule has 1 saturated carbocycles. The second-order valence-electron chi connectivity index (χ2n) is 4.29. The van der Waals surface area contributed by atoms with Crippen LogP contribution in [0.3, 0.4) is 0 Å². The van der Waals surface area contributed by atoms with Crippen LogP contribution < -0.4 is 4.74 Å². The molecule has 6 heteroatoms. The lowest BCUT2D eigenvalue weighted by Gasteiger charge is -2.14. The summed E-state index contributed by atoms with van der Waals surface area (Å²) in [5.74, 6) is 0.887. The lowest BCUT2D eigenvalue weighted by molar-refractivity contribution is -0.385. The standard InChI is InChI=1S/C11H12ClNO3S/c12-8-2-1-3-9(13(14)15)10(8)16-6-11(7-17)4-5-11/h1-3,17H,4-7H2. The van der Waals surface area contributed by atoms with E-state index in [1.54, 1.807) is 12.1 Å². The third-order valence-electron chi connectivity index (χ3n) is 2.96. The van der Waals surface area contributed by atoms with Gasteiger partial charge in [-0.05, 0) is 24.7 Å². The molecule has 0 radical (unpaired) electrons. The van der Waals surface area contributed by atoms with Crippen LogP contribution in [0, 0.1) is 15.5 Å². The molecular weight excluding hydrogens is 262 g/mol. The molecule has 0 atom stereocenters. The first kappa shape index (κ1) is 12.5. The Hall–Kier alpha value is -0.940.